The molecule has 0 aliphatic heterocycles. The van der Waals surface area contributed by atoms with Gasteiger partial charge in [0, 0.05) is 0 Å². The minimum atomic E-state index is -0.969. The van der Waals surface area contributed by atoms with E-state index in [1.54, 1.807) is 44.6 Å². The zero-order valence-electron chi connectivity index (χ0n) is 17.5. The number of benzene rings is 3. The number of carbonyl (C=O) groups is 1. The van der Waals surface area contributed by atoms with Crippen molar-refractivity contribution in [1.82, 2.24) is 0 Å². The fraction of sp³-hybridized carbons (Fsp3) is 0.120. The molecular formula is C25H20INO5. The van der Waals surface area contributed by atoms with Crippen molar-refractivity contribution in [3.8, 4) is 23.3 Å². The van der Waals surface area contributed by atoms with E-state index in [1.807, 2.05) is 36.4 Å². The first-order valence-electron chi connectivity index (χ1n) is 9.54. The van der Waals surface area contributed by atoms with Gasteiger partial charge in [-0.2, -0.15) is 5.26 Å². The van der Waals surface area contributed by atoms with Gasteiger partial charge >= 0.3 is 5.97 Å². The number of nitrogens with zero attached hydrogens (tertiary/aromatic N) is 1. The molecule has 0 unspecified atom stereocenters. The molecule has 1 N–H and O–H groups in total. The second kappa shape index (κ2) is 10.7. The molecule has 0 bridgehead atoms. The van der Waals surface area contributed by atoms with Crippen LogP contribution >= 0.6 is 22.6 Å². The van der Waals surface area contributed by atoms with Crippen LogP contribution < -0.4 is 14.2 Å². The standard InChI is InChI=1S/C25H20INO5/c1-30-21-9-7-18(8-10-21)20(14-27)11-17-12-22(26)24(23(13-17)31-2)32-15-16-3-5-19(6-4-16)25(28)29/h3-13H,15H2,1-2H3,(H,28,29)/b20-11+. The molecule has 7 heteroatoms. The van der Waals surface area contributed by atoms with Crippen LogP contribution in [0.5, 0.6) is 17.2 Å². The molecule has 0 atom stereocenters. The Bertz CT molecular complexity index is 1180. The highest BCUT2D eigenvalue weighted by Gasteiger charge is 2.13. The minimum absolute atomic E-state index is 0.224. The number of hydrogen-bond acceptors (Lipinski definition) is 5. The first kappa shape index (κ1) is 23.2. The summed E-state index contributed by atoms with van der Waals surface area (Å²) in [6.45, 7) is 0.261. The molecule has 0 saturated carbocycles. The Morgan fingerprint density at radius 2 is 1.69 bits per heavy atom. The van der Waals surface area contributed by atoms with Crippen molar-refractivity contribution < 1.29 is 24.1 Å². The molecule has 0 radical (unpaired) electrons. The Balaban J connectivity index is 1.84. The average molecular weight is 541 g/mol. The summed E-state index contributed by atoms with van der Waals surface area (Å²) in [5.41, 5.74) is 3.16. The number of rotatable bonds is 8. The Morgan fingerprint density at radius 3 is 2.25 bits per heavy atom. The van der Waals surface area contributed by atoms with Crippen molar-refractivity contribution in [2.24, 2.45) is 0 Å². The Kier molecular flexibility index (Phi) is 7.73. The van der Waals surface area contributed by atoms with E-state index < -0.39 is 5.97 Å². The van der Waals surface area contributed by atoms with Crippen LogP contribution in [0.1, 0.15) is 27.0 Å². The highest BCUT2D eigenvalue weighted by molar-refractivity contribution is 14.1. The number of methoxy groups -OCH3 is 2. The van der Waals surface area contributed by atoms with Crippen molar-refractivity contribution in [2.45, 2.75) is 6.61 Å². The predicted octanol–water partition coefficient (Wildman–Crippen LogP) is 5.65. The van der Waals surface area contributed by atoms with E-state index in [-0.39, 0.29) is 12.2 Å². The van der Waals surface area contributed by atoms with Crippen molar-refractivity contribution in [3.63, 3.8) is 0 Å². The van der Waals surface area contributed by atoms with Crippen molar-refractivity contribution >= 4 is 40.2 Å². The normalized spacial score (nSPS) is 10.9. The molecule has 0 saturated heterocycles. The minimum Gasteiger partial charge on any atom is -0.497 e. The highest BCUT2D eigenvalue weighted by Crippen LogP contribution is 2.35. The largest absolute Gasteiger partial charge is 0.497 e. The van der Waals surface area contributed by atoms with Gasteiger partial charge < -0.3 is 19.3 Å². The maximum atomic E-state index is 11.0. The highest BCUT2D eigenvalue weighted by atomic mass is 127. The summed E-state index contributed by atoms with van der Waals surface area (Å²) < 4.78 is 17.5. The number of carboxylic acid groups (broad SMARTS) is 1. The van der Waals surface area contributed by atoms with E-state index in [4.69, 9.17) is 19.3 Å². The number of carboxylic acids is 1. The van der Waals surface area contributed by atoms with Crippen LogP contribution in [0.3, 0.4) is 0 Å². The van der Waals surface area contributed by atoms with Crippen molar-refractivity contribution in [2.75, 3.05) is 14.2 Å². The first-order valence-corrected chi connectivity index (χ1v) is 10.6. The Morgan fingerprint density at radius 1 is 1.03 bits per heavy atom. The fourth-order valence-corrected chi connectivity index (χ4v) is 3.76. The Labute approximate surface area is 199 Å². The fourth-order valence-electron chi connectivity index (χ4n) is 2.98. The summed E-state index contributed by atoms with van der Waals surface area (Å²) in [4.78, 5) is 11.0. The molecule has 3 aromatic carbocycles. The van der Waals surface area contributed by atoms with Crippen LogP contribution in [-0.4, -0.2) is 25.3 Å². The van der Waals surface area contributed by atoms with Gasteiger partial charge in [0.05, 0.1) is 35.0 Å². The molecule has 0 aliphatic carbocycles. The van der Waals surface area contributed by atoms with E-state index >= 15 is 0 Å². The lowest BCUT2D eigenvalue weighted by molar-refractivity contribution is 0.0697. The number of allylic oxidation sites excluding steroid dienone is 1. The summed E-state index contributed by atoms with van der Waals surface area (Å²) in [5.74, 6) is 0.873. The van der Waals surface area contributed by atoms with Crippen molar-refractivity contribution in [3.05, 3.63) is 86.5 Å². The number of ether oxygens (including phenoxy) is 3. The molecule has 0 aromatic heterocycles. The summed E-state index contributed by atoms with van der Waals surface area (Å²) >= 11 is 2.16. The van der Waals surface area contributed by atoms with Gasteiger partial charge in [0.2, 0.25) is 0 Å². The van der Waals surface area contributed by atoms with Gasteiger partial charge in [-0.15, -0.1) is 0 Å². The molecule has 0 spiro atoms. The summed E-state index contributed by atoms with van der Waals surface area (Å²) in [6.07, 6.45) is 1.79. The first-order chi connectivity index (χ1) is 15.4. The van der Waals surface area contributed by atoms with E-state index in [0.717, 1.165) is 26.0 Å². The molecule has 6 nitrogen and oxygen atoms in total. The van der Waals surface area contributed by atoms with Crippen LogP contribution in [-0.2, 0) is 6.61 Å². The molecule has 3 aromatic rings. The van der Waals surface area contributed by atoms with E-state index in [9.17, 15) is 10.1 Å². The molecule has 0 fully saturated rings. The average Bonchev–Trinajstić information content (AvgIpc) is 2.81. The summed E-state index contributed by atoms with van der Waals surface area (Å²) in [7, 11) is 3.15. The molecular weight excluding hydrogens is 521 g/mol. The van der Waals surface area contributed by atoms with Crippen LogP contribution in [0.25, 0.3) is 11.6 Å². The number of aromatic carboxylic acids is 1. The van der Waals surface area contributed by atoms with Gasteiger partial charge in [-0.1, -0.05) is 12.1 Å². The maximum absolute atomic E-state index is 11.0. The van der Waals surface area contributed by atoms with Crippen LogP contribution in [0.2, 0.25) is 0 Å². The van der Waals surface area contributed by atoms with Crippen LogP contribution in [0, 0.1) is 14.9 Å². The van der Waals surface area contributed by atoms with Crippen LogP contribution in [0.4, 0.5) is 0 Å². The van der Waals surface area contributed by atoms with Gasteiger partial charge in [0.25, 0.3) is 0 Å². The zero-order chi connectivity index (χ0) is 23.1. The molecule has 32 heavy (non-hydrogen) atoms. The lowest BCUT2D eigenvalue weighted by Crippen LogP contribution is -2.01. The molecule has 0 heterocycles. The second-order valence-corrected chi connectivity index (χ2v) is 7.89. The number of halogens is 1. The van der Waals surface area contributed by atoms with E-state index in [1.165, 1.54) is 0 Å². The molecule has 0 aliphatic rings. The summed E-state index contributed by atoms with van der Waals surface area (Å²) in [5, 5.41) is 18.6. The quantitative estimate of drug-likeness (QED) is 0.225. The Hall–Kier alpha value is -3.51. The molecule has 3 rings (SSSR count). The zero-order valence-corrected chi connectivity index (χ0v) is 19.6. The molecule has 162 valence electrons. The maximum Gasteiger partial charge on any atom is 0.335 e. The van der Waals surface area contributed by atoms with Gasteiger partial charge in [-0.05, 0) is 93.9 Å². The van der Waals surface area contributed by atoms with Crippen molar-refractivity contribution in [1.29, 1.82) is 5.26 Å². The lowest BCUT2D eigenvalue weighted by atomic mass is 10.0. The van der Waals surface area contributed by atoms with Crippen LogP contribution in [0.15, 0.2) is 60.7 Å². The number of nitriles is 1. The number of hydrogen-bond donors (Lipinski definition) is 1. The van der Waals surface area contributed by atoms with Gasteiger partial charge in [0.15, 0.2) is 11.5 Å². The topological polar surface area (TPSA) is 88.8 Å². The smallest absolute Gasteiger partial charge is 0.335 e. The third-order valence-electron chi connectivity index (χ3n) is 4.67. The van der Waals surface area contributed by atoms with E-state index in [0.29, 0.717) is 17.1 Å². The summed E-state index contributed by atoms with van der Waals surface area (Å²) in [6, 6.07) is 19.8. The third-order valence-corrected chi connectivity index (χ3v) is 5.47. The predicted molar refractivity (Wildman–Crippen MR) is 130 cm³/mol. The van der Waals surface area contributed by atoms with Gasteiger partial charge in [-0.25, -0.2) is 4.79 Å². The SMILES string of the molecule is COc1ccc(/C(C#N)=C/c2cc(I)c(OCc3ccc(C(=O)O)cc3)c(OC)c2)cc1. The second-order valence-electron chi connectivity index (χ2n) is 6.72. The lowest BCUT2D eigenvalue weighted by Gasteiger charge is -2.14. The van der Waals surface area contributed by atoms with E-state index in [2.05, 4.69) is 28.7 Å². The van der Waals surface area contributed by atoms with Gasteiger partial charge in [0.1, 0.15) is 12.4 Å². The van der Waals surface area contributed by atoms with Gasteiger partial charge in [-0.3, -0.25) is 0 Å². The third kappa shape index (κ3) is 5.59. The monoisotopic (exact) mass is 541 g/mol. The molecule has 0 amide bonds.